The molecule has 0 saturated carbocycles. The van der Waals surface area contributed by atoms with E-state index in [2.05, 4.69) is 34.6 Å². The molecule has 0 atom stereocenters. The number of hydrogen-bond acceptors (Lipinski definition) is 6. The fourth-order valence-corrected chi connectivity index (χ4v) is 2.07. The van der Waals surface area contributed by atoms with Crippen LogP contribution in [0.5, 0.6) is 0 Å². The van der Waals surface area contributed by atoms with Gasteiger partial charge in [0, 0.05) is 17.5 Å². The summed E-state index contributed by atoms with van der Waals surface area (Å²) in [5.41, 5.74) is 3.44. The lowest BCUT2D eigenvalue weighted by molar-refractivity contribution is 0.127. The van der Waals surface area contributed by atoms with E-state index >= 15 is 0 Å². The first-order valence-corrected chi connectivity index (χ1v) is 6.81. The normalized spacial score (nSPS) is 11.4. The Bertz CT molecular complexity index is 384. The van der Waals surface area contributed by atoms with Crippen molar-refractivity contribution in [2.75, 3.05) is 23.9 Å². The van der Waals surface area contributed by atoms with Crippen molar-refractivity contribution in [3.63, 3.8) is 0 Å². The Morgan fingerprint density at radius 2 is 1.84 bits per heavy atom. The highest BCUT2D eigenvalue weighted by Crippen LogP contribution is 2.27. The molecule has 5 N–H and O–H groups in total. The monoisotopic (exact) mass is 267 g/mol. The number of nitrogens with zero attached hydrogens (tertiary/aromatic N) is 2. The van der Waals surface area contributed by atoms with Gasteiger partial charge in [-0.05, 0) is 19.3 Å². The van der Waals surface area contributed by atoms with Gasteiger partial charge in [-0.15, -0.1) is 0 Å². The Morgan fingerprint density at radius 3 is 2.32 bits per heavy atom. The van der Waals surface area contributed by atoms with Crippen LogP contribution in [0.2, 0.25) is 0 Å². The van der Waals surface area contributed by atoms with Gasteiger partial charge >= 0.3 is 0 Å². The van der Waals surface area contributed by atoms with Crippen LogP contribution in [-0.4, -0.2) is 28.2 Å². The SMILES string of the molecule is CCc1c(NN)ncnc1NCC(CC)(CC)CO. The minimum absolute atomic E-state index is 0.105. The van der Waals surface area contributed by atoms with Crippen LogP contribution in [0.1, 0.15) is 39.2 Å². The Kier molecular flexibility index (Phi) is 5.98. The maximum atomic E-state index is 9.58. The minimum atomic E-state index is -0.105. The molecule has 19 heavy (non-hydrogen) atoms. The maximum absolute atomic E-state index is 9.58. The van der Waals surface area contributed by atoms with Gasteiger partial charge in [-0.25, -0.2) is 15.8 Å². The summed E-state index contributed by atoms with van der Waals surface area (Å²) in [4.78, 5) is 8.36. The second-order valence-electron chi connectivity index (χ2n) is 4.77. The third-order valence-corrected chi connectivity index (χ3v) is 3.90. The van der Waals surface area contributed by atoms with Crippen LogP contribution in [0.4, 0.5) is 11.6 Å². The van der Waals surface area contributed by atoms with Crippen LogP contribution in [0, 0.1) is 5.41 Å². The number of nitrogens with two attached hydrogens (primary N) is 1. The molecule has 0 aliphatic rings. The third kappa shape index (κ3) is 3.54. The number of aliphatic hydroxyl groups is 1. The number of hydrogen-bond donors (Lipinski definition) is 4. The summed E-state index contributed by atoms with van der Waals surface area (Å²) in [6.07, 6.45) is 4.10. The molecule has 0 aromatic carbocycles. The topological polar surface area (TPSA) is 96.1 Å². The molecule has 1 aromatic rings. The van der Waals surface area contributed by atoms with Crippen LogP contribution < -0.4 is 16.6 Å². The van der Waals surface area contributed by atoms with Crippen molar-refractivity contribution in [1.82, 2.24) is 9.97 Å². The first kappa shape index (κ1) is 15.7. The molecule has 1 rings (SSSR count). The second-order valence-corrected chi connectivity index (χ2v) is 4.77. The highest BCUT2D eigenvalue weighted by Gasteiger charge is 2.25. The van der Waals surface area contributed by atoms with E-state index < -0.39 is 0 Å². The average Bonchev–Trinajstić information content (AvgIpc) is 2.48. The van der Waals surface area contributed by atoms with Gasteiger partial charge in [0.05, 0.1) is 6.61 Å². The van der Waals surface area contributed by atoms with Crippen molar-refractivity contribution in [3.05, 3.63) is 11.9 Å². The lowest BCUT2D eigenvalue weighted by Gasteiger charge is -2.30. The standard InChI is InChI=1S/C13H25N5O/c1-4-10-11(16-9-17-12(10)18-14)15-7-13(5-2,6-3)8-19/h9,19H,4-8,14H2,1-3H3,(H2,15,16,17,18). The molecule has 0 amide bonds. The summed E-state index contributed by atoms with van der Waals surface area (Å²) in [5, 5.41) is 12.9. The number of nitrogens with one attached hydrogen (secondary N) is 2. The number of hydrazine groups is 1. The predicted octanol–water partition coefficient (Wildman–Crippen LogP) is 1.54. The van der Waals surface area contributed by atoms with Crippen molar-refractivity contribution in [1.29, 1.82) is 0 Å². The number of aliphatic hydroxyl groups excluding tert-OH is 1. The fourth-order valence-electron chi connectivity index (χ4n) is 2.07. The third-order valence-electron chi connectivity index (χ3n) is 3.90. The minimum Gasteiger partial charge on any atom is -0.396 e. The number of rotatable bonds is 8. The average molecular weight is 267 g/mol. The quantitative estimate of drug-likeness (QED) is 0.421. The van der Waals surface area contributed by atoms with Crippen LogP contribution in [0.25, 0.3) is 0 Å². The number of aromatic nitrogens is 2. The van der Waals surface area contributed by atoms with Gasteiger partial charge in [0.2, 0.25) is 0 Å². The van der Waals surface area contributed by atoms with Gasteiger partial charge in [-0.1, -0.05) is 20.8 Å². The van der Waals surface area contributed by atoms with E-state index in [9.17, 15) is 5.11 Å². The second kappa shape index (κ2) is 7.25. The summed E-state index contributed by atoms with van der Waals surface area (Å²) in [7, 11) is 0. The summed E-state index contributed by atoms with van der Waals surface area (Å²) in [6.45, 7) is 7.07. The van der Waals surface area contributed by atoms with Crippen LogP contribution in [0.3, 0.4) is 0 Å². The summed E-state index contributed by atoms with van der Waals surface area (Å²) in [5.74, 6) is 6.87. The van der Waals surface area contributed by atoms with E-state index in [-0.39, 0.29) is 12.0 Å². The Morgan fingerprint density at radius 1 is 1.21 bits per heavy atom. The lowest BCUT2D eigenvalue weighted by Crippen LogP contribution is -2.33. The van der Waals surface area contributed by atoms with Crippen molar-refractivity contribution in [2.24, 2.45) is 11.3 Å². The number of nitrogen functional groups attached to an aromatic ring is 1. The van der Waals surface area contributed by atoms with E-state index in [4.69, 9.17) is 5.84 Å². The van der Waals surface area contributed by atoms with E-state index in [1.54, 1.807) is 0 Å². The molecule has 0 unspecified atom stereocenters. The highest BCUT2D eigenvalue weighted by molar-refractivity contribution is 5.56. The van der Waals surface area contributed by atoms with Crippen LogP contribution in [0.15, 0.2) is 6.33 Å². The van der Waals surface area contributed by atoms with E-state index in [1.165, 1.54) is 6.33 Å². The van der Waals surface area contributed by atoms with Crippen molar-refractivity contribution in [3.8, 4) is 0 Å². The maximum Gasteiger partial charge on any atom is 0.148 e. The molecule has 0 bridgehead atoms. The predicted molar refractivity (Wildman–Crippen MR) is 77.8 cm³/mol. The molecule has 6 heteroatoms. The zero-order valence-electron chi connectivity index (χ0n) is 12.0. The van der Waals surface area contributed by atoms with Crippen LogP contribution in [-0.2, 0) is 6.42 Å². The molecule has 1 aromatic heterocycles. The van der Waals surface area contributed by atoms with Gasteiger partial charge in [0.25, 0.3) is 0 Å². The molecule has 0 aliphatic heterocycles. The molecule has 108 valence electrons. The first-order valence-electron chi connectivity index (χ1n) is 6.81. The molecular formula is C13H25N5O. The van der Waals surface area contributed by atoms with Crippen molar-refractivity contribution < 1.29 is 5.11 Å². The molecule has 0 radical (unpaired) electrons. The molecule has 0 fully saturated rings. The highest BCUT2D eigenvalue weighted by atomic mass is 16.3. The van der Waals surface area contributed by atoms with Gasteiger partial charge < -0.3 is 15.8 Å². The largest absolute Gasteiger partial charge is 0.396 e. The van der Waals surface area contributed by atoms with E-state index in [1.807, 2.05) is 6.92 Å². The zero-order chi connectivity index (χ0) is 14.3. The Balaban J connectivity index is 2.88. The zero-order valence-corrected chi connectivity index (χ0v) is 12.0. The van der Waals surface area contributed by atoms with E-state index in [0.29, 0.717) is 12.4 Å². The smallest absolute Gasteiger partial charge is 0.148 e. The van der Waals surface area contributed by atoms with Crippen LogP contribution >= 0.6 is 0 Å². The fraction of sp³-hybridized carbons (Fsp3) is 0.692. The lowest BCUT2D eigenvalue weighted by atomic mass is 9.83. The summed E-state index contributed by atoms with van der Waals surface area (Å²) in [6, 6.07) is 0. The molecular weight excluding hydrogens is 242 g/mol. The Labute approximate surface area is 114 Å². The summed E-state index contributed by atoms with van der Waals surface area (Å²) < 4.78 is 0. The molecule has 1 heterocycles. The Hall–Kier alpha value is -1.40. The summed E-state index contributed by atoms with van der Waals surface area (Å²) >= 11 is 0. The first-order chi connectivity index (χ1) is 9.16. The molecule has 0 spiro atoms. The van der Waals surface area contributed by atoms with Crippen molar-refractivity contribution in [2.45, 2.75) is 40.0 Å². The van der Waals surface area contributed by atoms with Gasteiger partial charge in [-0.2, -0.15) is 0 Å². The van der Waals surface area contributed by atoms with Crippen molar-refractivity contribution >= 4 is 11.6 Å². The van der Waals surface area contributed by atoms with Gasteiger partial charge in [-0.3, -0.25) is 0 Å². The molecule has 0 aliphatic carbocycles. The van der Waals surface area contributed by atoms with E-state index in [0.717, 1.165) is 30.6 Å². The number of anilines is 2. The molecule has 0 saturated heterocycles. The molecule has 6 nitrogen and oxygen atoms in total. The van der Waals surface area contributed by atoms with Gasteiger partial charge in [0.1, 0.15) is 18.0 Å². The van der Waals surface area contributed by atoms with Gasteiger partial charge in [0.15, 0.2) is 0 Å².